The van der Waals surface area contributed by atoms with E-state index in [0.717, 1.165) is 44.6 Å². The van der Waals surface area contributed by atoms with Gasteiger partial charge in [0.2, 0.25) is 0 Å². The zero-order valence-corrected chi connectivity index (χ0v) is 16.8. The third kappa shape index (κ3) is 6.09. The first kappa shape index (κ1) is 19.8. The van der Waals surface area contributed by atoms with Gasteiger partial charge in [0.25, 0.3) is 0 Å². The predicted molar refractivity (Wildman–Crippen MR) is 102 cm³/mol. The van der Waals surface area contributed by atoms with Crippen molar-refractivity contribution in [1.82, 2.24) is 14.7 Å². The van der Waals surface area contributed by atoms with Crippen molar-refractivity contribution in [3.63, 3.8) is 0 Å². The lowest BCUT2D eigenvalue weighted by molar-refractivity contribution is 0.0493. The average molecular weight is 449 g/mol. The van der Waals surface area contributed by atoms with Crippen LogP contribution < -0.4 is 0 Å². The van der Waals surface area contributed by atoms with Crippen LogP contribution in [0.3, 0.4) is 0 Å². The second-order valence-electron chi connectivity index (χ2n) is 6.43. The molecule has 1 fully saturated rings. The maximum atomic E-state index is 12.0. The van der Waals surface area contributed by atoms with Crippen LogP contribution in [0.25, 0.3) is 0 Å². The number of likely N-dealkylation sites (tertiary alicyclic amines) is 1. The Balaban J connectivity index is 1.68. The van der Waals surface area contributed by atoms with Crippen LogP contribution in [-0.4, -0.2) is 64.5 Å². The van der Waals surface area contributed by atoms with E-state index >= 15 is 0 Å². The lowest BCUT2D eigenvalue weighted by atomic mass is 10.0. The Hall–Kier alpha value is -0.510. The fourth-order valence-corrected chi connectivity index (χ4v) is 3.19. The molecule has 1 aliphatic rings. The van der Waals surface area contributed by atoms with Gasteiger partial charge >= 0.3 is 0 Å². The summed E-state index contributed by atoms with van der Waals surface area (Å²) in [6.07, 6.45) is 5.75. The molecule has 0 amide bonds. The highest BCUT2D eigenvalue weighted by Gasteiger charge is 2.22. The van der Waals surface area contributed by atoms with Crippen LogP contribution in [0.15, 0.2) is 12.4 Å². The van der Waals surface area contributed by atoms with Gasteiger partial charge in [-0.1, -0.05) is 36.4 Å². The highest BCUT2D eigenvalue weighted by atomic mass is 127. The van der Waals surface area contributed by atoms with Gasteiger partial charge in [-0.25, -0.2) is 0 Å². The number of piperidine rings is 1. The average Bonchev–Trinajstić information content (AvgIpc) is 3.07. The van der Waals surface area contributed by atoms with E-state index in [2.05, 4.69) is 32.6 Å². The molecule has 0 N–H and O–H groups in total. The molecule has 2 rings (SSSR count). The summed E-state index contributed by atoms with van der Waals surface area (Å²) in [6.45, 7) is 9.00. The van der Waals surface area contributed by atoms with E-state index in [0.29, 0.717) is 23.9 Å². The summed E-state index contributed by atoms with van der Waals surface area (Å²) in [4.78, 5) is 14.5. The number of Topliss-reactive ketones (excluding diaryl/α,β-unsaturated/α-hetero) is 1. The highest BCUT2D eigenvalue weighted by Crippen LogP contribution is 2.22. The number of aromatic nitrogens is 2. The molecule has 1 aliphatic heterocycles. The number of halogens is 1. The molecule has 6 nitrogen and oxygen atoms in total. The third-order valence-electron chi connectivity index (χ3n) is 4.34. The van der Waals surface area contributed by atoms with Crippen LogP contribution in [-0.2, 0) is 9.47 Å². The summed E-state index contributed by atoms with van der Waals surface area (Å²) in [7, 11) is 0. The molecule has 0 aromatic carbocycles. The maximum Gasteiger partial charge on any atom is 0.168 e. The number of ketones is 1. The van der Waals surface area contributed by atoms with Crippen LogP contribution >= 0.6 is 22.6 Å². The largest absolute Gasteiger partial charge is 0.378 e. The Bertz CT molecular complexity index is 499. The molecule has 1 saturated heterocycles. The lowest BCUT2D eigenvalue weighted by Crippen LogP contribution is -2.37. The van der Waals surface area contributed by atoms with E-state index in [1.807, 2.05) is 24.7 Å². The molecular formula is C17H28IN3O3. The van der Waals surface area contributed by atoms with E-state index in [1.165, 1.54) is 0 Å². The minimum absolute atomic E-state index is 0.0202. The topological polar surface area (TPSA) is 56.6 Å². The van der Waals surface area contributed by atoms with Gasteiger partial charge in [0.1, 0.15) is 0 Å². The Labute approximate surface area is 158 Å². The number of carbonyl (C=O) groups is 1. The van der Waals surface area contributed by atoms with Crippen molar-refractivity contribution >= 4 is 28.4 Å². The quantitative estimate of drug-likeness (QED) is 0.238. The van der Waals surface area contributed by atoms with Crippen LogP contribution in [0, 0.1) is 5.92 Å². The maximum absolute atomic E-state index is 12.0. The normalized spacial score (nSPS) is 16.8. The van der Waals surface area contributed by atoms with Gasteiger partial charge in [-0.3, -0.25) is 9.48 Å². The molecule has 0 unspecified atom stereocenters. The Morgan fingerprint density at radius 2 is 2.00 bits per heavy atom. The second-order valence-corrected chi connectivity index (χ2v) is 7.05. The molecule has 2 heterocycles. The van der Waals surface area contributed by atoms with Crippen molar-refractivity contribution in [1.29, 1.82) is 0 Å². The van der Waals surface area contributed by atoms with Crippen molar-refractivity contribution < 1.29 is 14.3 Å². The van der Waals surface area contributed by atoms with Gasteiger partial charge in [-0.2, -0.15) is 5.10 Å². The minimum Gasteiger partial charge on any atom is -0.378 e. The van der Waals surface area contributed by atoms with E-state index < -0.39 is 0 Å². The van der Waals surface area contributed by atoms with Crippen LogP contribution in [0.5, 0.6) is 0 Å². The molecule has 0 saturated carbocycles. The van der Waals surface area contributed by atoms with Gasteiger partial charge in [0, 0.05) is 31.7 Å². The van der Waals surface area contributed by atoms with E-state index in [-0.39, 0.29) is 11.7 Å². The lowest BCUT2D eigenvalue weighted by Gasteiger charge is -2.31. The smallest absolute Gasteiger partial charge is 0.168 e. The third-order valence-corrected chi connectivity index (χ3v) is 4.78. The fraction of sp³-hybridized carbons (Fsp3) is 0.765. The van der Waals surface area contributed by atoms with Gasteiger partial charge in [0.05, 0.1) is 42.2 Å². The number of hydrogen-bond donors (Lipinski definition) is 0. The molecular weight excluding hydrogens is 421 g/mol. The van der Waals surface area contributed by atoms with Crippen LogP contribution in [0.4, 0.5) is 0 Å². The summed E-state index contributed by atoms with van der Waals surface area (Å²) in [6, 6.07) is 0.396. The van der Waals surface area contributed by atoms with Crippen molar-refractivity contribution in [3.05, 3.63) is 18.0 Å². The Morgan fingerprint density at radius 1 is 1.29 bits per heavy atom. The van der Waals surface area contributed by atoms with E-state index in [9.17, 15) is 4.79 Å². The number of nitrogens with zero attached hydrogens (tertiary/aromatic N) is 3. The molecule has 0 atom stereocenters. The highest BCUT2D eigenvalue weighted by molar-refractivity contribution is 14.1. The summed E-state index contributed by atoms with van der Waals surface area (Å²) < 4.78 is 13.5. The monoisotopic (exact) mass is 449 g/mol. The first-order valence-corrected chi connectivity index (χ1v) is 10.2. The number of ether oxygens (including phenoxy) is 2. The Kier molecular flexibility index (Phi) is 8.65. The van der Waals surface area contributed by atoms with Crippen LogP contribution in [0.1, 0.15) is 43.1 Å². The summed E-state index contributed by atoms with van der Waals surface area (Å²) in [5.74, 6) is 0.189. The van der Waals surface area contributed by atoms with Crippen molar-refractivity contribution in [2.75, 3.05) is 44.1 Å². The van der Waals surface area contributed by atoms with Crippen molar-refractivity contribution in [2.45, 2.75) is 32.7 Å². The van der Waals surface area contributed by atoms with E-state index in [4.69, 9.17) is 9.47 Å². The number of carbonyl (C=O) groups excluding carboxylic acids is 1. The molecule has 0 bridgehead atoms. The molecule has 1 aromatic rings. The second kappa shape index (κ2) is 10.5. The van der Waals surface area contributed by atoms with E-state index in [1.54, 1.807) is 6.20 Å². The van der Waals surface area contributed by atoms with Crippen LogP contribution in [0.2, 0.25) is 0 Å². The zero-order valence-electron chi connectivity index (χ0n) is 14.6. The van der Waals surface area contributed by atoms with Crippen molar-refractivity contribution in [2.24, 2.45) is 5.92 Å². The zero-order chi connectivity index (χ0) is 17.4. The fourth-order valence-electron chi connectivity index (χ4n) is 2.87. The summed E-state index contributed by atoms with van der Waals surface area (Å²) in [5, 5.41) is 4.41. The number of alkyl halides is 1. The molecule has 1 aromatic heterocycles. The van der Waals surface area contributed by atoms with Gasteiger partial charge in [-0.05, 0) is 12.8 Å². The first-order valence-electron chi connectivity index (χ1n) is 8.64. The summed E-state index contributed by atoms with van der Waals surface area (Å²) in [5.41, 5.74) is 0.731. The van der Waals surface area contributed by atoms with Gasteiger partial charge in [-0.15, -0.1) is 0 Å². The minimum atomic E-state index is 0.0202. The molecule has 0 radical (unpaired) electrons. The Morgan fingerprint density at radius 3 is 2.67 bits per heavy atom. The summed E-state index contributed by atoms with van der Waals surface area (Å²) >= 11 is 2.19. The molecule has 24 heavy (non-hydrogen) atoms. The molecule has 7 heteroatoms. The first-order chi connectivity index (χ1) is 11.6. The standard InChI is InChI=1S/C17H28IN3O3/c1-14(2)17(22)15-11-19-21(12-15)16-3-5-20(6-4-16)7-8-23-9-10-24-13-18/h11-12,14,16H,3-10,13H2,1-2H3. The van der Waals surface area contributed by atoms with Crippen molar-refractivity contribution in [3.8, 4) is 0 Å². The molecule has 0 aliphatic carbocycles. The predicted octanol–water partition coefficient (Wildman–Crippen LogP) is 2.78. The molecule has 0 spiro atoms. The number of hydrogen-bond acceptors (Lipinski definition) is 5. The van der Waals surface area contributed by atoms with Gasteiger partial charge < -0.3 is 14.4 Å². The molecule has 136 valence electrons. The number of rotatable bonds is 10. The van der Waals surface area contributed by atoms with Gasteiger partial charge in [0.15, 0.2) is 5.78 Å². The SMILES string of the molecule is CC(C)C(=O)c1cnn(C2CCN(CCOCCOCI)CC2)c1.